The van der Waals surface area contributed by atoms with E-state index in [-0.39, 0.29) is 24.5 Å². The molecular formula is C12H17N5O2. The van der Waals surface area contributed by atoms with E-state index in [4.69, 9.17) is 10.2 Å². The van der Waals surface area contributed by atoms with Crippen LogP contribution in [0.3, 0.4) is 0 Å². The lowest BCUT2D eigenvalue weighted by molar-refractivity contribution is -0.122. The zero-order valence-electron chi connectivity index (χ0n) is 10.9. The second kappa shape index (κ2) is 5.66. The topological polar surface area (TPSA) is 99.0 Å². The third kappa shape index (κ3) is 3.41. The molecule has 0 radical (unpaired) electrons. The summed E-state index contributed by atoms with van der Waals surface area (Å²) in [5.74, 6) is 0.549. The predicted octanol–water partition coefficient (Wildman–Crippen LogP) is 0.768. The number of carbonyl (C=O) groups is 1. The maximum atomic E-state index is 11.8. The van der Waals surface area contributed by atoms with E-state index < -0.39 is 0 Å². The number of furan rings is 1. The molecule has 0 bridgehead atoms. The molecule has 2 aromatic heterocycles. The lowest BCUT2D eigenvalue weighted by atomic mass is 10.2. The first-order valence-electron chi connectivity index (χ1n) is 6.04. The van der Waals surface area contributed by atoms with Crippen molar-refractivity contribution in [1.29, 1.82) is 0 Å². The molecule has 0 saturated heterocycles. The van der Waals surface area contributed by atoms with Crippen LogP contribution in [0.15, 0.2) is 29.0 Å². The first-order valence-corrected chi connectivity index (χ1v) is 6.04. The Balaban J connectivity index is 1.90. The van der Waals surface area contributed by atoms with Gasteiger partial charge in [0.2, 0.25) is 5.91 Å². The molecule has 1 amide bonds. The van der Waals surface area contributed by atoms with Crippen molar-refractivity contribution < 1.29 is 9.21 Å². The Morgan fingerprint density at radius 1 is 1.58 bits per heavy atom. The Morgan fingerprint density at radius 3 is 2.95 bits per heavy atom. The number of hydrogen-bond acceptors (Lipinski definition) is 5. The number of amides is 1. The fourth-order valence-corrected chi connectivity index (χ4v) is 1.64. The van der Waals surface area contributed by atoms with E-state index in [2.05, 4.69) is 15.6 Å². The third-order valence-electron chi connectivity index (χ3n) is 2.68. The average molecular weight is 263 g/mol. The van der Waals surface area contributed by atoms with Crippen molar-refractivity contribution in [3.8, 4) is 0 Å². The SMILES string of the molecule is CC(N)c1cn(CC(=O)NC(C)c2ccco2)nn1. The Hall–Kier alpha value is -2.15. The van der Waals surface area contributed by atoms with E-state index in [0.29, 0.717) is 11.5 Å². The number of nitrogens with two attached hydrogens (primary N) is 1. The van der Waals surface area contributed by atoms with Crippen molar-refractivity contribution in [3.63, 3.8) is 0 Å². The first kappa shape index (κ1) is 13.3. The molecule has 2 atom stereocenters. The fraction of sp³-hybridized carbons (Fsp3) is 0.417. The summed E-state index contributed by atoms with van der Waals surface area (Å²) < 4.78 is 6.68. The summed E-state index contributed by atoms with van der Waals surface area (Å²) in [5, 5.41) is 10.6. The minimum Gasteiger partial charge on any atom is -0.467 e. The van der Waals surface area contributed by atoms with Crippen molar-refractivity contribution in [3.05, 3.63) is 36.0 Å². The van der Waals surface area contributed by atoms with Crippen LogP contribution in [0, 0.1) is 0 Å². The molecule has 0 saturated carbocycles. The van der Waals surface area contributed by atoms with Crippen LogP contribution < -0.4 is 11.1 Å². The van der Waals surface area contributed by atoms with E-state index in [9.17, 15) is 4.79 Å². The molecule has 0 aliphatic rings. The fourth-order valence-electron chi connectivity index (χ4n) is 1.64. The van der Waals surface area contributed by atoms with Crippen LogP contribution in [0.5, 0.6) is 0 Å². The largest absolute Gasteiger partial charge is 0.467 e. The van der Waals surface area contributed by atoms with Crippen molar-refractivity contribution >= 4 is 5.91 Å². The minimum absolute atomic E-state index is 0.102. The number of aromatic nitrogens is 3. The van der Waals surface area contributed by atoms with Crippen LogP contribution in [0.2, 0.25) is 0 Å². The van der Waals surface area contributed by atoms with E-state index in [1.807, 2.05) is 19.9 Å². The molecule has 2 aromatic rings. The van der Waals surface area contributed by atoms with Gasteiger partial charge in [-0.3, -0.25) is 4.79 Å². The molecule has 19 heavy (non-hydrogen) atoms. The van der Waals surface area contributed by atoms with Gasteiger partial charge in [0.1, 0.15) is 12.3 Å². The molecule has 0 fully saturated rings. The van der Waals surface area contributed by atoms with Crippen LogP contribution in [0.1, 0.15) is 37.4 Å². The molecule has 2 unspecified atom stereocenters. The first-order chi connectivity index (χ1) is 9.06. The lowest BCUT2D eigenvalue weighted by Crippen LogP contribution is -2.30. The standard InChI is InChI=1S/C12H17N5O2/c1-8(13)10-6-17(16-15-10)7-12(18)14-9(2)11-4-3-5-19-11/h3-6,8-9H,7,13H2,1-2H3,(H,14,18). The van der Waals surface area contributed by atoms with E-state index in [1.54, 1.807) is 18.5 Å². The maximum Gasteiger partial charge on any atom is 0.242 e. The molecule has 3 N–H and O–H groups in total. The van der Waals surface area contributed by atoms with Crippen LogP contribution in [-0.4, -0.2) is 20.9 Å². The van der Waals surface area contributed by atoms with E-state index in [1.165, 1.54) is 4.68 Å². The summed E-state index contributed by atoms with van der Waals surface area (Å²) in [5.41, 5.74) is 6.33. The van der Waals surface area contributed by atoms with Crippen molar-refractivity contribution in [2.45, 2.75) is 32.5 Å². The summed E-state index contributed by atoms with van der Waals surface area (Å²) in [7, 11) is 0. The van der Waals surface area contributed by atoms with Gasteiger partial charge in [-0.15, -0.1) is 5.10 Å². The highest BCUT2D eigenvalue weighted by Crippen LogP contribution is 2.12. The molecule has 0 aromatic carbocycles. The summed E-state index contributed by atoms with van der Waals surface area (Å²) in [6, 6.07) is 3.22. The molecular weight excluding hydrogens is 246 g/mol. The van der Waals surface area contributed by atoms with Crippen molar-refractivity contribution in [2.75, 3.05) is 0 Å². The molecule has 7 nitrogen and oxygen atoms in total. The number of hydrogen-bond donors (Lipinski definition) is 2. The Labute approximate surface area is 110 Å². The third-order valence-corrected chi connectivity index (χ3v) is 2.68. The maximum absolute atomic E-state index is 11.8. The van der Waals surface area contributed by atoms with Gasteiger partial charge in [-0.25, -0.2) is 4.68 Å². The normalized spacial score (nSPS) is 14.1. The average Bonchev–Trinajstić information content (AvgIpc) is 2.98. The molecule has 102 valence electrons. The molecule has 0 spiro atoms. The monoisotopic (exact) mass is 263 g/mol. The van der Waals surface area contributed by atoms with Gasteiger partial charge < -0.3 is 15.5 Å². The highest BCUT2D eigenvalue weighted by molar-refractivity contribution is 5.76. The summed E-state index contributed by atoms with van der Waals surface area (Å²) in [4.78, 5) is 11.8. The van der Waals surface area contributed by atoms with Gasteiger partial charge in [-0.1, -0.05) is 5.21 Å². The number of nitrogens with zero attached hydrogens (tertiary/aromatic N) is 3. The Bertz CT molecular complexity index is 532. The van der Waals surface area contributed by atoms with Gasteiger partial charge in [0.25, 0.3) is 0 Å². The van der Waals surface area contributed by atoms with E-state index in [0.717, 1.165) is 0 Å². The zero-order valence-corrected chi connectivity index (χ0v) is 10.9. The van der Waals surface area contributed by atoms with Crippen LogP contribution >= 0.6 is 0 Å². The van der Waals surface area contributed by atoms with Gasteiger partial charge in [-0.2, -0.15) is 0 Å². The second-order valence-electron chi connectivity index (χ2n) is 4.43. The van der Waals surface area contributed by atoms with Crippen LogP contribution in [-0.2, 0) is 11.3 Å². The molecule has 2 heterocycles. The number of rotatable bonds is 5. The minimum atomic E-state index is -0.196. The Kier molecular flexibility index (Phi) is 3.96. The zero-order chi connectivity index (χ0) is 13.8. The quantitative estimate of drug-likeness (QED) is 0.830. The molecule has 0 aliphatic carbocycles. The predicted molar refractivity (Wildman–Crippen MR) is 67.9 cm³/mol. The molecule has 0 aliphatic heterocycles. The van der Waals surface area contributed by atoms with Gasteiger partial charge in [0.15, 0.2) is 0 Å². The summed E-state index contributed by atoms with van der Waals surface area (Å²) in [6.45, 7) is 3.77. The van der Waals surface area contributed by atoms with Gasteiger partial charge in [0.05, 0.1) is 24.2 Å². The van der Waals surface area contributed by atoms with E-state index >= 15 is 0 Å². The smallest absolute Gasteiger partial charge is 0.242 e. The molecule has 2 rings (SSSR count). The van der Waals surface area contributed by atoms with Gasteiger partial charge in [-0.05, 0) is 26.0 Å². The lowest BCUT2D eigenvalue weighted by Gasteiger charge is -2.10. The number of nitrogens with one attached hydrogen (secondary N) is 1. The summed E-state index contributed by atoms with van der Waals surface area (Å²) in [6.07, 6.45) is 3.24. The van der Waals surface area contributed by atoms with Gasteiger partial charge in [0, 0.05) is 6.04 Å². The van der Waals surface area contributed by atoms with Crippen LogP contribution in [0.25, 0.3) is 0 Å². The van der Waals surface area contributed by atoms with Gasteiger partial charge >= 0.3 is 0 Å². The second-order valence-corrected chi connectivity index (χ2v) is 4.43. The highest BCUT2D eigenvalue weighted by Gasteiger charge is 2.13. The Morgan fingerprint density at radius 2 is 2.37 bits per heavy atom. The molecule has 7 heteroatoms. The highest BCUT2D eigenvalue weighted by atomic mass is 16.3. The summed E-state index contributed by atoms with van der Waals surface area (Å²) >= 11 is 0. The van der Waals surface area contributed by atoms with Crippen molar-refractivity contribution in [1.82, 2.24) is 20.3 Å². The number of carbonyl (C=O) groups excluding carboxylic acids is 1. The van der Waals surface area contributed by atoms with Crippen LogP contribution in [0.4, 0.5) is 0 Å². The van der Waals surface area contributed by atoms with Crippen molar-refractivity contribution in [2.24, 2.45) is 5.73 Å².